The normalized spacial score (nSPS) is 18.2. The molecule has 4 nitrogen and oxygen atoms in total. The van der Waals surface area contributed by atoms with E-state index in [1.165, 1.54) is 11.1 Å². The predicted molar refractivity (Wildman–Crippen MR) is 79.5 cm³/mol. The number of nitrogens with zero attached hydrogens (tertiary/aromatic N) is 3. The molecule has 0 saturated carbocycles. The van der Waals surface area contributed by atoms with Gasteiger partial charge in [-0.3, -0.25) is 0 Å². The molecule has 0 fully saturated rings. The van der Waals surface area contributed by atoms with Crippen LogP contribution in [0.15, 0.2) is 30.6 Å². The average molecular weight is 270 g/mol. The van der Waals surface area contributed by atoms with Gasteiger partial charge in [0.15, 0.2) is 0 Å². The molecule has 4 heteroatoms. The van der Waals surface area contributed by atoms with Gasteiger partial charge in [-0.05, 0) is 30.0 Å². The molecule has 1 aromatic carbocycles. The molecule has 0 radical (unpaired) electrons. The lowest BCUT2D eigenvalue weighted by Gasteiger charge is -2.26. The van der Waals surface area contributed by atoms with E-state index in [4.69, 9.17) is 0 Å². The summed E-state index contributed by atoms with van der Waals surface area (Å²) >= 11 is 0. The van der Waals surface area contributed by atoms with Crippen molar-refractivity contribution in [3.8, 4) is 0 Å². The monoisotopic (exact) mass is 270 g/mol. The average Bonchev–Trinajstić information content (AvgIpc) is 2.86. The highest BCUT2D eigenvalue weighted by Crippen LogP contribution is 2.25. The zero-order valence-corrected chi connectivity index (χ0v) is 12.2. The van der Waals surface area contributed by atoms with Crippen LogP contribution >= 0.6 is 0 Å². The Labute approximate surface area is 120 Å². The molecule has 1 N–H and O–H groups in total. The molecular formula is C16H22N4. The van der Waals surface area contributed by atoms with Crippen molar-refractivity contribution in [1.29, 1.82) is 0 Å². The molecule has 3 rings (SSSR count). The minimum atomic E-state index is 0.357. The Hall–Kier alpha value is -1.68. The van der Waals surface area contributed by atoms with Gasteiger partial charge in [0.25, 0.3) is 0 Å². The number of hydrogen-bond acceptors (Lipinski definition) is 3. The molecule has 0 spiro atoms. The highest BCUT2D eigenvalue weighted by atomic mass is 15.3. The van der Waals surface area contributed by atoms with Gasteiger partial charge < -0.3 is 5.32 Å². The second kappa shape index (κ2) is 5.75. The quantitative estimate of drug-likeness (QED) is 0.927. The van der Waals surface area contributed by atoms with Gasteiger partial charge in [-0.1, -0.05) is 38.1 Å². The molecule has 20 heavy (non-hydrogen) atoms. The first-order valence-electron chi connectivity index (χ1n) is 7.42. The summed E-state index contributed by atoms with van der Waals surface area (Å²) in [5.41, 5.74) is 2.88. The molecule has 0 amide bonds. The maximum Gasteiger partial charge on any atom is 0.138 e. The van der Waals surface area contributed by atoms with Crippen molar-refractivity contribution in [1.82, 2.24) is 20.1 Å². The molecule has 1 unspecified atom stereocenters. The molecule has 0 saturated heterocycles. The molecular weight excluding hydrogens is 248 g/mol. The van der Waals surface area contributed by atoms with Gasteiger partial charge in [-0.2, -0.15) is 5.10 Å². The largest absolute Gasteiger partial charge is 0.309 e. The standard InChI is InChI=1S/C16H22N4/c1-12(2)10-20-16(18-11-19-20)9-15-14-6-4-3-5-13(14)7-8-17-15/h3-6,11-12,15,17H,7-10H2,1-2H3. The molecule has 1 aliphatic heterocycles. The summed E-state index contributed by atoms with van der Waals surface area (Å²) in [5.74, 6) is 1.66. The lowest BCUT2D eigenvalue weighted by Crippen LogP contribution is -2.32. The molecule has 106 valence electrons. The van der Waals surface area contributed by atoms with Gasteiger partial charge >= 0.3 is 0 Å². The third-order valence-electron chi connectivity index (χ3n) is 3.84. The first kappa shape index (κ1) is 13.3. The van der Waals surface area contributed by atoms with Crippen LogP contribution in [0.2, 0.25) is 0 Å². The van der Waals surface area contributed by atoms with E-state index in [0.29, 0.717) is 12.0 Å². The molecule has 1 atom stereocenters. The van der Waals surface area contributed by atoms with E-state index in [0.717, 1.165) is 31.8 Å². The van der Waals surface area contributed by atoms with Crippen molar-refractivity contribution in [3.63, 3.8) is 0 Å². The van der Waals surface area contributed by atoms with Gasteiger partial charge in [0.1, 0.15) is 12.2 Å². The molecule has 2 heterocycles. The fourth-order valence-electron chi connectivity index (χ4n) is 2.90. The van der Waals surface area contributed by atoms with Gasteiger partial charge in [0.2, 0.25) is 0 Å². The van der Waals surface area contributed by atoms with Crippen molar-refractivity contribution in [2.24, 2.45) is 5.92 Å². The lowest BCUT2D eigenvalue weighted by atomic mass is 9.92. The third kappa shape index (κ3) is 2.75. The summed E-state index contributed by atoms with van der Waals surface area (Å²) in [4.78, 5) is 4.45. The molecule has 1 aliphatic rings. The van der Waals surface area contributed by atoms with Crippen LogP contribution in [0, 0.1) is 5.92 Å². The smallest absolute Gasteiger partial charge is 0.138 e. The molecule has 0 aliphatic carbocycles. The fourth-order valence-corrected chi connectivity index (χ4v) is 2.90. The first-order valence-corrected chi connectivity index (χ1v) is 7.42. The zero-order chi connectivity index (χ0) is 13.9. The van der Waals surface area contributed by atoms with E-state index in [9.17, 15) is 0 Å². The second-order valence-electron chi connectivity index (χ2n) is 5.91. The summed E-state index contributed by atoms with van der Waals surface area (Å²) in [6, 6.07) is 9.08. The minimum absolute atomic E-state index is 0.357. The highest BCUT2D eigenvalue weighted by molar-refractivity contribution is 5.32. The van der Waals surface area contributed by atoms with Crippen LogP contribution in [0.5, 0.6) is 0 Å². The summed E-state index contributed by atoms with van der Waals surface area (Å²) in [6.45, 7) is 6.39. The number of rotatable bonds is 4. The Morgan fingerprint density at radius 3 is 3.05 bits per heavy atom. The molecule has 0 bridgehead atoms. The fraction of sp³-hybridized carbons (Fsp3) is 0.500. The van der Waals surface area contributed by atoms with Crippen LogP contribution in [0.25, 0.3) is 0 Å². The Kier molecular flexibility index (Phi) is 3.83. The molecule has 1 aromatic heterocycles. The van der Waals surface area contributed by atoms with Crippen LogP contribution in [0.4, 0.5) is 0 Å². The Morgan fingerprint density at radius 2 is 2.20 bits per heavy atom. The minimum Gasteiger partial charge on any atom is -0.309 e. The highest BCUT2D eigenvalue weighted by Gasteiger charge is 2.21. The maximum atomic E-state index is 4.45. The van der Waals surface area contributed by atoms with E-state index in [-0.39, 0.29) is 0 Å². The van der Waals surface area contributed by atoms with E-state index in [1.807, 2.05) is 4.68 Å². The summed E-state index contributed by atoms with van der Waals surface area (Å²) < 4.78 is 2.05. The van der Waals surface area contributed by atoms with Crippen LogP contribution < -0.4 is 5.32 Å². The van der Waals surface area contributed by atoms with Gasteiger partial charge in [0.05, 0.1) is 0 Å². The number of aromatic nitrogens is 3. The van der Waals surface area contributed by atoms with E-state index in [1.54, 1.807) is 6.33 Å². The number of hydrogen-bond donors (Lipinski definition) is 1. The van der Waals surface area contributed by atoms with Crippen LogP contribution in [-0.2, 0) is 19.4 Å². The van der Waals surface area contributed by atoms with Gasteiger partial charge in [-0.25, -0.2) is 9.67 Å². The van der Waals surface area contributed by atoms with E-state index < -0.39 is 0 Å². The Bertz CT molecular complexity index is 573. The lowest BCUT2D eigenvalue weighted by molar-refractivity contribution is 0.437. The zero-order valence-electron chi connectivity index (χ0n) is 12.2. The molecule has 2 aromatic rings. The number of benzene rings is 1. The first-order chi connectivity index (χ1) is 9.74. The second-order valence-corrected chi connectivity index (χ2v) is 5.91. The summed E-state index contributed by atoms with van der Waals surface area (Å²) in [7, 11) is 0. The van der Waals surface area contributed by atoms with Crippen LogP contribution in [0.3, 0.4) is 0 Å². The summed E-state index contributed by atoms with van der Waals surface area (Å²) in [6.07, 6.45) is 3.70. The SMILES string of the molecule is CC(C)Cn1ncnc1CC1NCCc2ccccc21. The van der Waals surface area contributed by atoms with Crippen molar-refractivity contribution in [3.05, 3.63) is 47.5 Å². The van der Waals surface area contributed by atoms with E-state index >= 15 is 0 Å². The van der Waals surface area contributed by atoms with Crippen molar-refractivity contribution >= 4 is 0 Å². The van der Waals surface area contributed by atoms with Gasteiger partial charge in [-0.15, -0.1) is 0 Å². The van der Waals surface area contributed by atoms with Gasteiger partial charge in [0, 0.05) is 19.0 Å². The summed E-state index contributed by atoms with van der Waals surface area (Å²) in [5, 5.41) is 7.97. The van der Waals surface area contributed by atoms with E-state index in [2.05, 4.69) is 53.5 Å². The number of fused-ring (bicyclic) bond motifs is 1. The van der Waals surface area contributed by atoms with Crippen molar-refractivity contribution in [2.45, 2.75) is 39.3 Å². The topological polar surface area (TPSA) is 42.7 Å². The van der Waals surface area contributed by atoms with Crippen LogP contribution in [0.1, 0.15) is 36.8 Å². The third-order valence-corrected chi connectivity index (χ3v) is 3.84. The van der Waals surface area contributed by atoms with Crippen molar-refractivity contribution < 1.29 is 0 Å². The maximum absolute atomic E-state index is 4.45. The van der Waals surface area contributed by atoms with Crippen molar-refractivity contribution in [2.75, 3.05) is 6.54 Å². The Morgan fingerprint density at radius 1 is 1.35 bits per heavy atom. The number of nitrogens with one attached hydrogen (secondary N) is 1. The van der Waals surface area contributed by atoms with Crippen LogP contribution in [-0.4, -0.2) is 21.3 Å². The Balaban J connectivity index is 1.81. The predicted octanol–water partition coefficient (Wildman–Crippen LogP) is 2.36.